The van der Waals surface area contributed by atoms with E-state index in [-0.39, 0.29) is 0 Å². The van der Waals surface area contributed by atoms with E-state index in [1.54, 1.807) is 28.4 Å². The van der Waals surface area contributed by atoms with Gasteiger partial charge in [-0.05, 0) is 34.4 Å². The molecule has 5 nitrogen and oxygen atoms in total. The SMILES string of the molecule is COc1cccc(C(OC(c2ccccc2)(c2ccccc2)c2cccc(OC)c2OC)(c2ccccc2)c2ccccc2)c1OC. The first-order chi connectivity index (χ1) is 23.1. The molecule has 0 heterocycles. The van der Waals surface area contributed by atoms with Crippen LogP contribution in [0.25, 0.3) is 0 Å². The van der Waals surface area contributed by atoms with Gasteiger partial charge in [-0.2, -0.15) is 0 Å². The average molecular weight is 623 g/mol. The molecule has 0 aromatic heterocycles. The summed E-state index contributed by atoms with van der Waals surface area (Å²) >= 11 is 0. The summed E-state index contributed by atoms with van der Waals surface area (Å²) in [5.74, 6) is 2.31. The first kappa shape index (κ1) is 31.5. The topological polar surface area (TPSA) is 46.2 Å². The highest BCUT2D eigenvalue weighted by Crippen LogP contribution is 2.56. The van der Waals surface area contributed by atoms with Crippen LogP contribution in [-0.2, 0) is 15.9 Å². The van der Waals surface area contributed by atoms with E-state index >= 15 is 0 Å². The summed E-state index contributed by atoms with van der Waals surface area (Å²) in [4.78, 5) is 0. The Morgan fingerprint density at radius 2 is 0.617 bits per heavy atom. The molecule has 6 aromatic rings. The van der Waals surface area contributed by atoms with Crippen molar-refractivity contribution in [2.45, 2.75) is 11.2 Å². The summed E-state index contributed by atoms with van der Waals surface area (Å²) in [5, 5.41) is 0. The van der Waals surface area contributed by atoms with Crippen molar-refractivity contribution in [1.82, 2.24) is 0 Å². The molecule has 0 amide bonds. The lowest BCUT2D eigenvalue weighted by molar-refractivity contribution is -0.0828. The van der Waals surface area contributed by atoms with Crippen LogP contribution < -0.4 is 18.9 Å². The number of hydrogen-bond acceptors (Lipinski definition) is 5. The average Bonchev–Trinajstić information content (AvgIpc) is 3.16. The van der Waals surface area contributed by atoms with Gasteiger partial charge in [-0.15, -0.1) is 0 Å². The number of hydrogen-bond donors (Lipinski definition) is 0. The molecular formula is C42H38O5. The van der Waals surface area contributed by atoms with Gasteiger partial charge in [0.15, 0.2) is 23.0 Å². The van der Waals surface area contributed by atoms with Crippen LogP contribution in [0.3, 0.4) is 0 Å². The van der Waals surface area contributed by atoms with E-state index in [4.69, 9.17) is 23.7 Å². The number of methoxy groups -OCH3 is 4. The summed E-state index contributed by atoms with van der Waals surface area (Å²) in [6.07, 6.45) is 0. The van der Waals surface area contributed by atoms with Crippen molar-refractivity contribution >= 4 is 0 Å². The van der Waals surface area contributed by atoms with Crippen molar-refractivity contribution in [3.63, 3.8) is 0 Å². The Morgan fingerprint density at radius 1 is 0.319 bits per heavy atom. The first-order valence-electron chi connectivity index (χ1n) is 15.5. The van der Waals surface area contributed by atoms with Crippen LogP contribution in [0.1, 0.15) is 33.4 Å². The number of ether oxygens (including phenoxy) is 5. The standard InChI is InChI=1S/C42H38O5/c1-43-37-29-17-27-35(39(37)45-3)41(31-19-9-5-10-20-31,32-21-11-6-12-22-32)47-42(33-23-13-7-14-24-33,34-25-15-8-16-26-34)36-28-18-30-38(44-2)40(36)46-4/h5-30H,1-4H3. The van der Waals surface area contributed by atoms with E-state index < -0.39 is 11.2 Å². The van der Waals surface area contributed by atoms with Crippen molar-refractivity contribution in [3.05, 3.63) is 191 Å². The third-order valence-corrected chi connectivity index (χ3v) is 8.59. The Balaban J connectivity index is 1.85. The van der Waals surface area contributed by atoms with Gasteiger partial charge in [-0.3, -0.25) is 0 Å². The van der Waals surface area contributed by atoms with Gasteiger partial charge < -0.3 is 23.7 Å². The van der Waals surface area contributed by atoms with Gasteiger partial charge in [-0.25, -0.2) is 0 Å². The molecule has 0 radical (unpaired) electrons. The fourth-order valence-electron chi connectivity index (χ4n) is 6.55. The summed E-state index contributed by atoms with van der Waals surface area (Å²) in [6.45, 7) is 0. The van der Waals surface area contributed by atoms with E-state index in [1.165, 1.54) is 0 Å². The maximum absolute atomic E-state index is 8.16. The minimum atomic E-state index is -1.26. The van der Waals surface area contributed by atoms with Crippen molar-refractivity contribution in [3.8, 4) is 23.0 Å². The monoisotopic (exact) mass is 622 g/mol. The zero-order valence-electron chi connectivity index (χ0n) is 27.1. The van der Waals surface area contributed by atoms with Gasteiger partial charge in [0.2, 0.25) is 0 Å². The van der Waals surface area contributed by atoms with Gasteiger partial charge in [0.25, 0.3) is 0 Å². The zero-order chi connectivity index (χ0) is 32.7. The van der Waals surface area contributed by atoms with Crippen molar-refractivity contribution in [2.75, 3.05) is 28.4 Å². The molecular weight excluding hydrogens is 584 g/mol. The number of rotatable bonds is 12. The number of benzene rings is 6. The molecule has 0 aliphatic carbocycles. The molecule has 6 aromatic carbocycles. The summed E-state index contributed by atoms with van der Waals surface area (Å²) in [6, 6.07) is 52.8. The number of para-hydroxylation sites is 2. The molecule has 0 aliphatic heterocycles. The van der Waals surface area contributed by atoms with E-state index in [0.29, 0.717) is 23.0 Å². The van der Waals surface area contributed by atoms with Gasteiger partial charge in [-0.1, -0.05) is 146 Å². The Kier molecular flexibility index (Phi) is 9.28. The Bertz CT molecular complexity index is 1670. The summed E-state index contributed by atoms with van der Waals surface area (Å²) in [7, 11) is 6.62. The molecule has 0 spiro atoms. The molecule has 236 valence electrons. The molecule has 0 unspecified atom stereocenters. The van der Waals surface area contributed by atoms with Crippen molar-refractivity contribution in [2.24, 2.45) is 0 Å². The Morgan fingerprint density at radius 3 is 0.872 bits per heavy atom. The summed E-state index contributed by atoms with van der Waals surface area (Å²) in [5.41, 5.74) is 2.62. The third-order valence-electron chi connectivity index (χ3n) is 8.59. The lowest BCUT2D eigenvalue weighted by atomic mass is 9.74. The predicted molar refractivity (Wildman–Crippen MR) is 186 cm³/mol. The minimum Gasteiger partial charge on any atom is -0.493 e. The highest BCUT2D eigenvalue weighted by molar-refractivity contribution is 5.62. The lowest BCUT2D eigenvalue weighted by Gasteiger charge is -2.47. The van der Waals surface area contributed by atoms with Crippen LogP contribution in [0.2, 0.25) is 0 Å². The van der Waals surface area contributed by atoms with Crippen LogP contribution in [0.5, 0.6) is 23.0 Å². The molecule has 6 rings (SSSR count). The smallest absolute Gasteiger partial charge is 0.167 e. The molecule has 0 saturated heterocycles. The molecule has 0 N–H and O–H groups in total. The largest absolute Gasteiger partial charge is 0.493 e. The van der Waals surface area contributed by atoms with Crippen LogP contribution in [0, 0.1) is 0 Å². The van der Waals surface area contributed by atoms with Gasteiger partial charge >= 0.3 is 0 Å². The van der Waals surface area contributed by atoms with Crippen LogP contribution in [0.4, 0.5) is 0 Å². The van der Waals surface area contributed by atoms with Crippen molar-refractivity contribution in [1.29, 1.82) is 0 Å². The van der Waals surface area contributed by atoms with E-state index in [1.807, 2.05) is 109 Å². The zero-order valence-corrected chi connectivity index (χ0v) is 27.1. The fourth-order valence-corrected chi connectivity index (χ4v) is 6.55. The second-order valence-corrected chi connectivity index (χ2v) is 11.0. The molecule has 47 heavy (non-hydrogen) atoms. The quantitative estimate of drug-likeness (QED) is 0.128. The Hall–Kier alpha value is -5.52. The predicted octanol–water partition coefficient (Wildman–Crippen LogP) is 9.02. The molecule has 0 fully saturated rings. The van der Waals surface area contributed by atoms with E-state index in [0.717, 1.165) is 33.4 Å². The first-order valence-corrected chi connectivity index (χ1v) is 15.5. The van der Waals surface area contributed by atoms with Gasteiger partial charge in [0.1, 0.15) is 11.2 Å². The lowest BCUT2D eigenvalue weighted by Crippen LogP contribution is -2.45. The van der Waals surface area contributed by atoms with Gasteiger partial charge in [0.05, 0.1) is 28.4 Å². The molecule has 0 atom stereocenters. The highest BCUT2D eigenvalue weighted by atomic mass is 16.5. The third kappa shape index (κ3) is 5.49. The minimum absolute atomic E-state index is 0.565. The van der Waals surface area contributed by atoms with Crippen molar-refractivity contribution < 1.29 is 23.7 Å². The van der Waals surface area contributed by atoms with E-state index in [2.05, 4.69) is 48.5 Å². The fraction of sp³-hybridized carbons (Fsp3) is 0.143. The van der Waals surface area contributed by atoms with Crippen LogP contribution >= 0.6 is 0 Å². The molecule has 5 heteroatoms. The normalized spacial score (nSPS) is 11.5. The van der Waals surface area contributed by atoms with Crippen LogP contribution in [-0.4, -0.2) is 28.4 Å². The molecule has 0 aliphatic rings. The van der Waals surface area contributed by atoms with Gasteiger partial charge in [0, 0.05) is 11.1 Å². The van der Waals surface area contributed by atoms with E-state index in [9.17, 15) is 0 Å². The maximum atomic E-state index is 8.16. The Labute approximate surface area is 276 Å². The summed E-state index contributed by atoms with van der Waals surface area (Å²) < 4.78 is 32.3. The second kappa shape index (κ2) is 13.9. The highest BCUT2D eigenvalue weighted by Gasteiger charge is 2.51. The molecule has 0 saturated carbocycles. The molecule has 0 bridgehead atoms. The second-order valence-electron chi connectivity index (χ2n) is 11.0. The maximum Gasteiger partial charge on any atom is 0.167 e. The van der Waals surface area contributed by atoms with Crippen LogP contribution in [0.15, 0.2) is 158 Å².